The molecule has 0 aliphatic rings. The smallest absolute Gasteiger partial charge is 0.130 e. The molecule has 18 heavy (non-hydrogen) atoms. The van der Waals surface area contributed by atoms with Crippen molar-refractivity contribution in [3.8, 4) is 0 Å². The lowest BCUT2D eigenvalue weighted by Gasteiger charge is -2.08. The Balaban J connectivity index is 2.21. The van der Waals surface area contributed by atoms with E-state index in [0.29, 0.717) is 11.1 Å². The fourth-order valence-electron chi connectivity index (χ4n) is 1.64. The topological polar surface area (TPSA) is 12.9 Å². The summed E-state index contributed by atoms with van der Waals surface area (Å²) in [5, 5.41) is 0.543. The van der Waals surface area contributed by atoms with E-state index in [1.807, 2.05) is 19.2 Å². The van der Waals surface area contributed by atoms with Crippen LogP contribution in [0.1, 0.15) is 30.9 Å². The lowest BCUT2D eigenvalue weighted by molar-refractivity contribution is 0.865. The molecule has 3 heteroatoms. The highest BCUT2D eigenvalue weighted by Crippen LogP contribution is 2.32. The first kappa shape index (κ1) is 13.4. The van der Waals surface area contributed by atoms with E-state index in [2.05, 4.69) is 43.1 Å². The van der Waals surface area contributed by atoms with Crippen molar-refractivity contribution in [2.75, 3.05) is 0 Å². The number of aryl methyl sites for hydroxylation is 1. The second-order valence-electron chi connectivity index (χ2n) is 4.60. The minimum atomic E-state index is 0.543. The molecule has 0 aliphatic carbocycles. The maximum absolute atomic E-state index is 5.93. The summed E-state index contributed by atoms with van der Waals surface area (Å²) in [6.45, 7) is 6.46. The predicted octanol–water partition coefficient (Wildman–Crippen LogP) is 5.32. The van der Waals surface area contributed by atoms with Gasteiger partial charge in [-0.25, -0.2) is 4.98 Å². The minimum Gasteiger partial charge on any atom is -0.244 e. The van der Waals surface area contributed by atoms with Crippen LogP contribution in [0.2, 0.25) is 5.15 Å². The van der Waals surface area contributed by atoms with Crippen molar-refractivity contribution in [2.24, 2.45) is 0 Å². The molecule has 1 heterocycles. The molecule has 0 bridgehead atoms. The van der Waals surface area contributed by atoms with Crippen molar-refractivity contribution in [3.63, 3.8) is 0 Å². The quantitative estimate of drug-likeness (QED) is 0.705. The van der Waals surface area contributed by atoms with Crippen LogP contribution >= 0.6 is 23.4 Å². The highest BCUT2D eigenvalue weighted by Gasteiger charge is 2.04. The molecule has 1 aromatic carbocycles. The summed E-state index contributed by atoms with van der Waals surface area (Å²) in [6.07, 6.45) is 1.81. The Bertz CT molecular complexity index is 535. The number of hydrogen-bond acceptors (Lipinski definition) is 2. The second kappa shape index (κ2) is 5.77. The summed E-state index contributed by atoms with van der Waals surface area (Å²) in [5.41, 5.74) is 2.51. The van der Waals surface area contributed by atoms with E-state index in [1.54, 1.807) is 11.8 Å². The number of benzene rings is 1. The van der Waals surface area contributed by atoms with Gasteiger partial charge in [0.1, 0.15) is 5.15 Å². The van der Waals surface area contributed by atoms with Crippen LogP contribution in [-0.4, -0.2) is 4.98 Å². The van der Waals surface area contributed by atoms with Gasteiger partial charge in [0.2, 0.25) is 0 Å². The largest absolute Gasteiger partial charge is 0.244 e. The van der Waals surface area contributed by atoms with Crippen molar-refractivity contribution < 1.29 is 0 Å². The molecule has 0 aliphatic heterocycles. The molecule has 0 radical (unpaired) electrons. The number of halogens is 1. The molecule has 0 atom stereocenters. The average molecular weight is 278 g/mol. The van der Waals surface area contributed by atoms with Crippen LogP contribution in [0.4, 0.5) is 0 Å². The van der Waals surface area contributed by atoms with Gasteiger partial charge in [-0.05, 0) is 42.2 Å². The number of rotatable bonds is 3. The van der Waals surface area contributed by atoms with E-state index in [0.717, 1.165) is 10.5 Å². The number of aromatic nitrogens is 1. The molecular formula is C15H16ClNS. The Labute approximate surface area is 118 Å². The summed E-state index contributed by atoms with van der Waals surface area (Å²) < 4.78 is 0. The molecule has 0 fully saturated rings. The van der Waals surface area contributed by atoms with Gasteiger partial charge in [-0.2, -0.15) is 0 Å². The Morgan fingerprint density at radius 2 is 1.83 bits per heavy atom. The molecule has 2 aromatic rings. The molecule has 1 nitrogen and oxygen atoms in total. The second-order valence-corrected chi connectivity index (χ2v) is 6.10. The van der Waals surface area contributed by atoms with Gasteiger partial charge in [0, 0.05) is 16.0 Å². The minimum absolute atomic E-state index is 0.543. The van der Waals surface area contributed by atoms with Gasteiger partial charge >= 0.3 is 0 Å². The Hall–Kier alpha value is -0.990. The van der Waals surface area contributed by atoms with Gasteiger partial charge in [0.15, 0.2) is 0 Å². The standard InChI is InChI=1S/C15H16ClNS/c1-10(2)12-4-6-13(7-5-12)18-14-8-15(16)17-9-11(14)3/h4-10H,1-3H3. The molecule has 0 saturated carbocycles. The average Bonchev–Trinajstić information content (AvgIpc) is 2.34. The summed E-state index contributed by atoms with van der Waals surface area (Å²) in [5.74, 6) is 0.571. The number of hydrogen-bond donors (Lipinski definition) is 0. The Morgan fingerprint density at radius 1 is 1.17 bits per heavy atom. The molecule has 94 valence electrons. The highest BCUT2D eigenvalue weighted by atomic mass is 35.5. The van der Waals surface area contributed by atoms with Gasteiger partial charge in [-0.15, -0.1) is 0 Å². The normalized spacial score (nSPS) is 10.9. The van der Waals surface area contributed by atoms with Crippen molar-refractivity contribution >= 4 is 23.4 Å². The predicted molar refractivity (Wildman–Crippen MR) is 78.6 cm³/mol. The van der Waals surface area contributed by atoms with Crippen molar-refractivity contribution in [2.45, 2.75) is 36.5 Å². The van der Waals surface area contributed by atoms with E-state index in [-0.39, 0.29) is 0 Å². The van der Waals surface area contributed by atoms with Crippen LogP contribution in [-0.2, 0) is 0 Å². The third kappa shape index (κ3) is 3.27. The van der Waals surface area contributed by atoms with Crippen molar-refractivity contribution in [3.05, 3.63) is 52.8 Å². The third-order valence-electron chi connectivity index (χ3n) is 2.79. The SMILES string of the molecule is Cc1cnc(Cl)cc1Sc1ccc(C(C)C)cc1. The monoisotopic (exact) mass is 277 g/mol. The van der Waals surface area contributed by atoms with Gasteiger partial charge in [-0.3, -0.25) is 0 Å². The fraction of sp³-hybridized carbons (Fsp3) is 0.267. The van der Waals surface area contributed by atoms with E-state index >= 15 is 0 Å². The van der Waals surface area contributed by atoms with Gasteiger partial charge in [0.05, 0.1) is 0 Å². The lowest BCUT2D eigenvalue weighted by Crippen LogP contribution is -1.87. The van der Waals surface area contributed by atoms with Crippen molar-refractivity contribution in [1.29, 1.82) is 0 Å². The molecule has 1 aromatic heterocycles. The van der Waals surface area contributed by atoms with E-state index in [9.17, 15) is 0 Å². The van der Waals surface area contributed by atoms with Crippen LogP contribution in [0.3, 0.4) is 0 Å². The first-order chi connectivity index (χ1) is 8.56. The van der Waals surface area contributed by atoms with E-state index in [1.165, 1.54) is 10.5 Å². The van der Waals surface area contributed by atoms with Crippen LogP contribution in [0.15, 0.2) is 46.3 Å². The molecule has 2 rings (SSSR count). The highest BCUT2D eigenvalue weighted by molar-refractivity contribution is 7.99. The van der Waals surface area contributed by atoms with E-state index < -0.39 is 0 Å². The molecular weight excluding hydrogens is 262 g/mol. The maximum Gasteiger partial charge on any atom is 0.130 e. The number of nitrogens with zero attached hydrogens (tertiary/aromatic N) is 1. The third-order valence-corrected chi connectivity index (χ3v) is 4.17. The fourth-order valence-corrected chi connectivity index (χ4v) is 2.77. The van der Waals surface area contributed by atoms with E-state index in [4.69, 9.17) is 11.6 Å². The molecule has 0 spiro atoms. The first-order valence-electron chi connectivity index (χ1n) is 5.96. The van der Waals surface area contributed by atoms with Crippen LogP contribution in [0.5, 0.6) is 0 Å². The van der Waals surface area contributed by atoms with Gasteiger partial charge in [0.25, 0.3) is 0 Å². The van der Waals surface area contributed by atoms with Crippen LogP contribution < -0.4 is 0 Å². The van der Waals surface area contributed by atoms with Gasteiger partial charge in [-0.1, -0.05) is 49.3 Å². The molecule has 0 amide bonds. The Morgan fingerprint density at radius 3 is 2.44 bits per heavy atom. The molecule has 0 N–H and O–H groups in total. The zero-order valence-electron chi connectivity index (χ0n) is 10.8. The van der Waals surface area contributed by atoms with Gasteiger partial charge < -0.3 is 0 Å². The first-order valence-corrected chi connectivity index (χ1v) is 7.15. The zero-order valence-corrected chi connectivity index (χ0v) is 12.3. The van der Waals surface area contributed by atoms with Crippen LogP contribution in [0.25, 0.3) is 0 Å². The lowest BCUT2D eigenvalue weighted by atomic mass is 10.0. The maximum atomic E-state index is 5.93. The number of pyridine rings is 1. The summed E-state index contributed by atoms with van der Waals surface area (Å²) in [6, 6.07) is 10.6. The van der Waals surface area contributed by atoms with Crippen LogP contribution in [0, 0.1) is 6.92 Å². The zero-order chi connectivity index (χ0) is 13.1. The molecule has 0 saturated heterocycles. The Kier molecular flexibility index (Phi) is 4.31. The molecule has 0 unspecified atom stereocenters. The summed E-state index contributed by atoms with van der Waals surface area (Å²) in [7, 11) is 0. The summed E-state index contributed by atoms with van der Waals surface area (Å²) >= 11 is 7.65. The van der Waals surface area contributed by atoms with Crippen molar-refractivity contribution in [1.82, 2.24) is 4.98 Å². The summed E-state index contributed by atoms with van der Waals surface area (Å²) in [4.78, 5) is 6.46.